The van der Waals surface area contributed by atoms with E-state index in [1.54, 1.807) is 35.2 Å². The van der Waals surface area contributed by atoms with Crippen LogP contribution in [0.4, 0.5) is 4.39 Å². The second kappa shape index (κ2) is 9.34. The number of carbonyl (C=O) groups is 1. The lowest BCUT2D eigenvalue weighted by atomic mass is 9.95. The minimum Gasteiger partial charge on any atom is -0.341 e. The van der Waals surface area contributed by atoms with E-state index >= 15 is 0 Å². The van der Waals surface area contributed by atoms with Gasteiger partial charge >= 0.3 is 0 Å². The van der Waals surface area contributed by atoms with Gasteiger partial charge in [-0.25, -0.2) is 4.39 Å². The smallest absolute Gasteiger partial charge is 0.253 e. The normalized spacial score (nSPS) is 15.7. The number of benzene rings is 2. The standard InChI is InChI=1S/C22H26ClFN2O/c1-25(22(27)19-6-4-7-20(23)15-19)16-17-9-12-26(13-10-17)14-11-18-5-2-3-8-21(18)24/h2-8,15,17H,9-14,16H2,1H3. The van der Waals surface area contributed by atoms with Crippen LogP contribution >= 0.6 is 11.6 Å². The molecule has 144 valence electrons. The van der Waals surface area contributed by atoms with Crippen LogP contribution in [0.3, 0.4) is 0 Å². The van der Waals surface area contributed by atoms with Crippen molar-refractivity contribution in [2.45, 2.75) is 19.3 Å². The molecular formula is C22H26ClFN2O. The second-order valence-electron chi connectivity index (χ2n) is 7.32. The highest BCUT2D eigenvalue weighted by Gasteiger charge is 2.22. The fraction of sp³-hybridized carbons (Fsp3) is 0.409. The highest BCUT2D eigenvalue weighted by molar-refractivity contribution is 6.30. The van der Waals surface area contributed by atoms with E-state index in [0.29, 0.717) is 16.5 Å². The Morgan fingerprint density at radius 1 is 1.19 bits per heavy atom. The second-order valence-corrected chi connectivity index (χ2v) is 7.76. The first kappa shape index (κ1) is 19.8. The summed E-state index contributed by atoms with van der Waals surface area (Å²) in [6.45, 7) is 3.63. The van der Waals surface area contributed by atoms with Crippen molar-refractivity contribution < 1.29 is 9.18 Å². The van der Waals surface area contributed by atoms with E-state index < -0.39 is 0 Å². The number of halogens is 2. The molecule has 3 rings (SSSR count). The number of amides is 1. The lowest BCUT2D eigenvalue weighted by molar-refractivity contribution is 0.0740. The Labute approximate surface area is 165 Å². The van der Waals surface area contributed by atoms with E-state index in [0.717, 1.165) is 51.0 Å². The van der Waals surface area contributed by atoms with Gasteiger partial charge in [0.25, 0.3) is 5.91 Å². The van der Waals surface area contributed by atoms with Crippen LogP contribution in [0.25, 0.3) is 0 Å². The van der Waals surface area contributed by atoms with Gasteiger partial charge in [-0.2, -0.15) is 0 Å². The molecule has 1 heterocycles. The molecular weight excluding hydrogens is 363 g/mol. The molecule has 1 fully saturated rings. The van der Waals surface area contributed by atoms with Crippen molar-refractivity contribution in [1.82, 2.24) is 9.80 Å². The van der Waals surface area contributed by atoms with Crippen molar-refractivity contribution in [1.29, 1.82) is 0 Å². The molecule has 0 aliphatic carbocycles. The molecule has 0 radical (unpaired) electrons. The summed E-state index contributed by atoms with van der Waals surface area (Å²) >= 11 is 5.99. The summed E-state index contributed by atoms with van der Waals surface area (Å²) in [6.07, 6.45) is 2.86. The minimum absolute atomic E-state index is 0.0134. The van der Waals surface area contributed by atoms with Gasteiger partial charge in [-0.3, -0.25) is 4.79 Å². The molecule has 1 saturated heterocycles. The monoisotopic (exact) mass is 388 g/mol. The average Bonchev–Trinajstić information content (AvgIpc) is 2.68. The quantitative estimate of drug-likeness (QED) is 0.727. The van der Waals surface area contributed by atoms with Gasteiger partial charge < -0.3 is 9.80 Å². The Bertz CT molecular complexity index is 774. The number of piperidine rings is 1. The van der Waals surface area contributed by atoms with Gasteiger partial charge in [0.15, 0.2) is 0 Å². The third-order valence-corrected chi connectivity index (χ3v) is 5.55. The molecule has 27 heavy (non-hydrogen) atoms. The van der Waals surface area contributed by atoms with Crippen molar-refractivity contribution >= 4 is 17.5 Å². The lowest BCUT2D eigenvalue weighted by Gasteiger charge is -2.34. The third kappa shape index (κ3) is 5.53. The minimum atomic E-state index is -0.117. The molecule has 0 unspecified atom stereocenters. The van der Waals surface area contributed by atoms with Gasteiger partial charge in [0, 0.05) is 30.7 Å². The summed E-state index contributed by atoms with van der Waals surface area (Å²) in [5.74, 6) is 0.399. The van der Waals surface area contributed by atoms with Crippen molar-refractivity contribution in [2.75, 3.05) is 33.2 Å². The summed E-state index contributed by atoms with van der Waals surface area (Å²) in [5.41, 5.74) is 1.42. The summed E-state index contributed by atoms with van der Waals surface area (Å²) in [4.78, 5) is 16.7. The van der Waals surface area contributed by atoms with Crippen LogP contribution < -0.4 is 0 Å². The molecule has 5 heteroatoms. The first-order valence-electron chi connectivity index (χ1n) is 9.49. The van der Waals surface area contributed by atoms with Crippen molar-refractivity contribution in [3.05, 3.63) is 70.5 Å². The Morgan fingerprint density at radius 3 is 2.63 bits per heavy atom. The summed E-state index contributed by atoms with van der Waals surface area (Å²) in [7, 11) is 1.85. The van der Waals surface area contributed by atoms with Gasteiger partial charge in [-0.15, -0.1) is 0 Å². The largest absolute Gasteiger partial charge is 0.341 e. The van der Waals surface area contributed by atoms with Crippen LogP contribution in [0.1, 0.15) is 28.8 Å². The van der Waals surface area contributed by atoms with Crippen LogP contribution in [-0.4, -0.2) is 48.9 Å². The molecule has 0 atom stereocenters. The Kier molecular flexibility index (Phi) is 6.86. The zero-order valence-corrected chi connectivity index (χ0v) is 16.5. The van der Waals surface area contributed by atoms with Crippen molar-refractivity contribution in [3.8, 4) is 0 Å². The molecule has 0 spiro atoms. The molecule has 2 aromatic carbocycles. The fourth-order valence-electron chi connectivity index (χ4n) is 3.68. The third-order valence-electron chi connectivity index (χ3n) is 5.31. The van der Waals surface area contributed by atoms with Crippen LogP contribution in [0, 0.1) is 11.7 Å². The summed E-state index contributed by atoms with van der Waals surface area (Å²) in [5, 5.41) is 0.581. The maximum Gasteiger partial charge on any atom is 0.253 e. The SMILES string of the molecule is CN(CC1CCN(CCc2ccccc2F)CC1)C(=O)c1cccc(Cl)c1. The predicted octanol–water partition coefficient (Wildman–Crippen LogP) is 4.51. The molecule has 0 bridgehead atoms. The molecule has 0 saturated carbocycles. The van der Waals surface area contributed by atoms with Gasteiger partial charge in [0.05, 0.1) is 0 Å². The number of rotatable bonds is 6. The summed E-state index contributed by atoms with van der Waals surface area (Å²) in [6, 6.07) is 14.1. The Hall–Kier alpha value is -1.91. The van der Waals surface area contributed by atoms with Crippen LogP contribution in [0.2, 0.25) is 5.02 Å². The maximum absolute atomic E-state index is 13.7. The molecule has 1 amide bonds. The zero-order valence-electron chi connectivity index (χ0n) is 15.7. The lowest BCUT2D eigenvalue weighted by Crippen LogP contribution is -2.40. The highest BCUT2D eigenvalue weighted by Crippen LogP contribution is 2.20. The number of carbonyl (C=O) groups excluding carboxylic acids is 1. The molecule has 0 aromatic heterocycles. The van der Waals surface area contributed by atoms with Crippen molar-refractivity contribution in [2.24, 2.45) is 5.92 Å². The van der Waals surface area contributed by atoms with Crippen LogP contribution in [0.15, 0.2) is 48.5 Å². The average molecular weight is 389 g/mol. The first-order valence-corrected chi connectivity index (χ1v) is 9.87. The Balaban J connectivity index is 1.44. The van der Waals surface area contributed by atoms with E-state index in [-0.39, 0.29) is 11.7 Å². The van der Waals surface area contributed by atoms with Gasteiger partial charge in [0.1, 0.15) is 5.82 Å². The van der Waals surface area contributed by atoms with E-state index in [2.05, 4.69) is 4.90 Å². The molecule has 3 nitrogen and oxygen atoms in total. The molecule has 2 aromatic rings. The molecule has 1 aliphatic rings. The highest BCUT2D eigenvalue weighted by atomic mass is 35.5. The van der Waals surface area contributed by atoms with Crippen LogP contribution in [-0.2, 0) is 6.42 Å². The van der Waals surface area contributed by atoms with Gasteiger partial charge in [-0.1, -0.05) is 35.9 Å². The van der Waals surface area contributed by atoms with E-state index in [1.165, 1.54) is 6.07 Å². The maximum atomic E-state index is 13.7. The Morgan fingerprint density at radius 2 is 1.93 bits per heavy atom. The number of nitrogens with zero attached hydrogens (tertiary/aromatic N) is 2. The zero-order chi connectivity index (χ0) is 19.2. The van der Waals surface area contributed by atoms with Gasteiger partial charge in [0.2, 0.25) is 0 Å². The number of hydrogen-bond acceptors (Lipinski definition) is 2. The molecule has 1 aliphatic heterocycles. The first-order chi connectivity index (χ1) is 13.0. The number of hydrogen-bond donors (Lipinski definition) is 0. The van der Waals surface area contributed by atoms with Crippen LogP contribution in [0.5, 0.6) is 0 Å². The van der Waals surface area contributed by atoms with E-state index in [1.807, 2.05) is 19.2 Å². The number of likely N-dealkylation sites (tertiary alicyclic amines) is 1. The fourth-order valence-corrected chi connectivity index (χ4v) is 3.87. The molecule has 0 N–H and O–H groups in total. The predicted molar refractivity (Wildman–Crippen MR) is 108 cm³/mol. The topological polar surface area (TPSA) is 23.6 Å². The summed E-state index contributed by atoms with van der Waals surface area (Å²) < 4.78 is 13.7. The van der Waals surface area contributed by atoms with E-state index in [4.69, 9.17) is 11.6 Å². The van der Waals surface area contributed by atoms with E-state index in [9.17, 15) is 9.18 Å². The van der Waals surface area contributed by atoms with Crippen molar-refractivity contribution in [3.63, 3.8) is 0 Å². The van der Waals surface area contributed by atoms with Gasteiger partial charge in [-0.05, 0) is 68.1 Å².